The quantitative estimate of drug-likeness (QED) is 0.838. The summed E-state index contributed by atoms with van der Waals surface area (Å²) in [6, 6.07) is 1.48. The van der Waals surface area contributed by atoms with Crippen molar-refractivity contribution in [3.05, 3.63) is 30.2 Å². The summed E-state index contributed by atoms with van der Waals surface area (Å²) < 4.78 is 29.9. The Bertz CT molecular complexity index is 581. The lowest BCUT2D eigenvalue weighted by atomic mass is 10.0. The zero-order valence-electron chi connectivity index (χ0n) is 10.3. The fraction of sp³-hybridized carbons (Fsp3) is 0.417. The second-order valence-electron chi connectivity index (χ2n) is 4.27. The van der Waals surface area contributed by atoms with Crippen molar-refractivity contribution in [1.82, 2.24) is 15.2 Å². The molecule has 0 spiro atoms. The number of ether oxygens (including phenoxy) is 2. The number of methoxy groups -OCH3 is 1. The molecular weight excluding hydrogens is 253 g/mol. The number of pyridine rings is 1. The minimum absolute atomic E-state index is 0.109. The molecule has 1 aliphatic heterocycles. The molecule has 100 valence electrons. The van der Waals surface area contributed by atoms with Crippen molar-refractivity contribution >= 4 is 0 Å². The van der Waals surface area contributed by atoms with E-state index in [-0.39, 0.29) is 11.5 Å². The van der Waals surface area contributed by atoms with E-state index >= 15 is 0 Å². The highest BCUT2D eigenvalue weighted by Gasteiger charge is 2.42. The van der Waals surface area contributed by atoms with Gasteiger partial charge in [0, 0.05) is 19.7 Å². The number of aromatic nitrogens is 3. The number of halogens is 1. The van der Waals surface area contributed by atoms with E-state index in [9.17, 15) is 4.39 Å². The number of hydrogen-bond acceptors (Lipinski definition) is 6. The van der Waals surface area contributed by atoms with E-state index in [1.807, 2.05) is 0 Å². The lowest BCUT2D eigenvalue weighted by Crippen LogP contribution is -2.29. The van der Waals surface area contributed by atoms with Crippen LogP contribution in [0.3, 0.4) is 0 Å². The van der Waals surface area contributed by atoms with Gasteiger partial charge in [0.05, 0.1) is 25.0 Å². The average Bonchev–Trinajstić information content (AvgIpc) is 3.09. The predicted molar refractivity (Wildman–Crippen MR) is 61.6 cm³/mol. The van der Waals surface area contributed by atoms with Gasteiger partial charge in [-0.15, -0.1) is 10.2 Å². The smallest absolute Gasteiger partial charge is 0.251 e. The second kappa shape index (κ2) is 4.67. The highest BCUT2D eigenvalue weighted by Crippen LogP contribution is 2.34. The van der Waals surface area contributed by atoms with Crippen LogP contribution in [-0.2, 0) is 15.1 Å². The Kier molecular flexibility index (Phi) is 3.00. The van der Waals surface area contributed by atoms with Crippen molar-refractivity contribution in [2.75, 3.05) is 20.3 Å². The maximum absolute atomic E-state index is 13.6. The van der Waals surface area contributed by atoms with Gasteiger partial charge in [0.25, 0.3) is 11.8 Å². The van der Waals surface area contributed by atoms with Gasteiger partial charge in [-0.25, -0.2) is 4.39 Å². The summed E-state index contributed by atoms with van der Waals surface area (Å²) in [5, 5.41) is 7.81. The third-order valence-corrected chi connectivity index (χ3v) is 3.19. The van der Waals surface area contributed by atoms with Crippen molar-refractivity contribution in [1.29, 1.82) is 0 Å². The zero-order chi connectivity index (χ0) is 13.3. The third-order valence-electron chi connectivity index (χ3n) is 3.19. The van der Waals surface area contributed by atoms with Gasteiger partial charge >= 0.3 is 0 Å². The molecule has 0 radical (unpaired) electrons. The Hall–Kier alpha value is -1.86. The molecule has 3 rings (SSSR count). The van der Waals surface area contributed by atoms with E-state index in [2.05, 4.69) is 15.2 Å². The predicted octanol–water partition coefficient (Wildman–Crippen LogP) is 1.53. The topological polar surface area (TPSA) is 70.3 Å². The summed E-state index contributed by atoms with van der Waals surface area (Å²) in [6.45, 7) is 0.916. The molecular formula is C12H12FN3O3. The maximum atomic E-state index is 13.6. The molecule has 6 nitrogen and oxygen atoms in total. The summed E-state index contributed by atoms with van der Waals surface area (Å²) in [4.78, 5) is 3.67. The molecule has 2 aromatic heterocycles. The zero-order valence-corrected chi connectivity index (χ0v) is 10.3. The minimum Gasteiger partial charge on any atom is -0.417 e. The standard InChI is InChI=1S/C12H12FN3O3/c1-17-12(3-5-18-7-12)11-16-15-10(19-11)8-2-4-14-6-9(8)13/h2,4,6H,3,5,7H2,1H3. The molecule has 1 atom stereocenters. The van der Waals surface area contributed by atoms with Gasteiger partial charge in [-0.3, -0.25) is 4.98 Å². The summed E-state index contributed by atoms with van der Waals surface area (Å²) in [6.07, 6.45) is 3.20. The molecule has 3 heterocycles. The van der Waals surface area contributed by atoms with Crippen molar-refractivity contribution in [3.63, 3.8) is 0 Å². The van der Waals surface area contributed by atoms with E-state index in [1.165, 1.54) is 12.3 Å². The SMILES string of the molecule is COC1(c2nnc(-c3ccncc3F)o2)CCOC1. The summed E-state index contributed by atoms with van der Waals surface area (Å²) in [7, 11) is 1.56. The van der Waals surface area contributed by atoms with Crippen LogP contribution in [0.2, 0.25) is 0 Å². The largest absolute Gasteiger partial charge is 0.417 e. The first kappa shape index (κ1) is 12.2. The molecule has 1 aliphatic rings. The van der Waals surface area contributed by atoms with Crippen LogP contribution in [0, 0.1) is 5.82 Å². The molecule has 0 saturated carbocycles. The van der Waals surface area contributed by atoms with E-state index in [1.54, 1.807) is 7.11 Å². The molecule has 1 saturated heterocycles. The molecule has 1 fully saturated rings. The molecule has 1 unspecified atom stereocenters. The highest BCUT2D eigenvalue weighted by atomic mass is 19.1. The minimum atomic E-state index is -0.727. The average molecular weight is 265 g/mol. The molecule has 19 heavy (non-hydrogen) atoms. The summed E-state index contributed by atoms with van der Waals surface area (Å²) in [5.41, 5.74) is -0.506. The summed E-state index contributed by atoms with van der Waals surface area (Å²) in [5.74, 6) is -0.0937. The van der Waals surface area contributed by atoms with Crippen molar-refractivity contribution < 1.29 is 18.3 Å². The number of rotatable bonds is 3. The Morgan fingerprint density at radius 2 is 2.32 bits per heavy atom. The third kappa shape index (κ3) is 2.00. The molecule has 7 heteroatoms. The monoisotopic (exact) mass is 265 g/mol. The van der Waals surface area contributed by atoms with Gasteiger partial charge in [-0.05, 0) is 6.07 Å². The maximum Gasteiger partial charge on any atom is 0.251 e. The van der Waals surface area contributed by atoms with Crippen molar-refractivity contribution in [2.45, 2.75) is 12.0 Å². The van der Waals surface area contributed by atoms with Gasteiger partial charge < -0.3 is 13.9 Å². The van der Waals surface area contributed by atoms with Gasteiger partial charge in [-0.1, -0.05) is 0 Å². The lowest BCUT2D eigenvalue weighted by Gasteiger charge is -2.20. The van der Waals surface area contributed by atoms with E-state index < -0.39 is 11.4 Å². The first-order chi connectivity index (χ1) is 9.25. The van der Waals surface area contributed by atoms with Gasteiger partial charge in [0.1, 0.15) is 0 Å². The van der Waals surface area contributed by atoms with Crippen LogP contribution in [0.25, 0.3) is 11.5 Å². The molecule has 0 N–H and O–H groups in total. The van der Waals surface area contributed by atoms with Crippen molar-refractivity contribution in [2.24, 2.45) is 0 Å². The van der Waals surface area contributed by atoms with Crippen LogP contribution in [0.5, 0.6) is 0 Å². The van der Waals surface area contributed by atoms with Crippen LogP contribution >= 0.6 is 0 Å². The second-order valence-corrected chi connectivity index (χ2v) is 4.27. The van der Waals surface area contributed by atoms with Crippen LogP contribution < -0.4 is 0 Å². The number of nitrogens with zero attached hydrogens (tertiary/aromatic N) is 3. The van der Waals surface area contributed by atoms with E-state index in [0.29, 0.717) is 25.5 Å². The van der Waals surface area contributed by atoms with Crippen LogP contribution in [0.15, 0.2) is 22.9 Å². The molecule has 0 aliphatic carbocycles. The van der Waals surface area contributed by atoms with Gasteiger partial charge in [-0.2, -0.15) is 0 Å². The fourth-order valence-electron chi connectivity index (χ4n) is 2.03. The van der Waals surface area contributed by atoms with Gasteiger partial charge in [0.2, 0.25) is 0 Å². The molecule has 0 amide bonds. The Morgan fingerprint density at radius 3 is 3.00 bits per heavy atom. The van der Waals surface area contributed by atoms with Crippen LogP contribution in [0.1, 0.15) is 12.3 Å². The molecule has 0 bridgehead atoms. The number of hydrogen-bond donors (Lipinski definition) is 0. The first-order valence-electron chi connectivity index (χ1n) is 5.82. The Balaban J connectivity index is 1.98. The van der Waals surface area contributed by atoms with Crippen LogP contribution in [0.4, 0.5) is 4.39 Å². The van der Waals surface area contributed by atoms with E-state index in [4.69, 9.17) is 13.9 Å². The highest BCUT2D eigenvalue weighted by molar-refractivity contribution is 5.52. The van der Waals surface area contributed by atoms with Crippen molar-refractivity contribution in [3.8, 4) is 11.5 Å². The molecule has 2 aromatic rings. The summed E-state index contributed by atoms with van der Waals surface area (Å²) >= 11 is 0. The Morgan fingerprint density at radius 1 is 1.42 bits per heavy atom. The normalized spacial score (nSPS) is 22.8. The van der Waals surface area contributed by atoms with Crippen LogP contribution in [-0.4, -0.2) is 35.5 Å². The Labute approximate surface area is 108 Å². The fourth-order valence-corrected chi connectivity index (χ4v) is 2.03. The lowest BCUT2D eigenvalue weighted by molar-refractivity contribution is -0.0407. The molecule has 0 aromatic carbocycles. The van der Waals surface area contributed by atoms with E-state index in [0.717, 1.165) is 6.20 Å². The van der Waals surface area contributed by atoms with Gasteiger partial charge in [0.15, 0.2) is 11.4 Å². The first-order valence-corrected chi connectivity index (χ1v) is 5.82.